The number of primary amides is 1. The van der Waals surface area contributed by atoms with Crippen molar-refractivity contribution < 1.29 is 4.79 Å². The molecule has 164 valence electrons. The lowest BCUT2D eigenvalue weighted by molar-refractivity contribution is 0.210. The number of nitrogens with two attached hydrogens (primary N) is 5. The number of nitrogen functional groups attached to an aromatic ring is 2. The van der Waals surface area contributed by atoms with Crippen LogP contribution in [0.15, 0.2) is 109 Å². The van der Waals surface area contributed by atoms with Gasteiger partial charge in [-0.25, -0.2) is 16.5 Å². The summed E-state index contributed by atoms with van der Waals surface area (Å²) < 4.78 is 0. The Balaban J connectivity index is 0.000000184. The summed E-state index contributed by atoms with van der Waals surface area (Å²) in [6.07, 6.45) is 0. The number of hydrazine groups is 2. The number of carbonyl (C=O) groups is 1. The highest BCUT2D eigenvalue weighted by Gasteiger charge is 1.96. The second kappa shape index (κ2) is 12.4. The van der Waals surface area contributed by atoms with Crippen LogP contribution in [-0.4, -0.2) is 11.1 Å². The lowest BCUT2D eigenvalue weighted by Gasteiger charge is -2.02. The van der Waals surface area contributed by atoms with E-state index in [0.29, 0.717) is 5.12 Å². The van der Waals surface area contributed by atoms with Crippen LogP contribution in [0.3, 0.4) is 0 Å². The number of benzene rings is 4. The molecule has 4 aromatic rings. The van der Waals surface area contributed by atoms with E-state index in [1.165, 1.54) is 11.1 Å². The lowest BCUT2D eigenvalue weighted by Crippen LogP contribution is -2.46. The van der Waals surface area contributed by atoms with Crippen molar-refractivity contribution in [2.45, 2.75) is 0 Å². The average molecular weight is 429 g/mol. The lowest BCUT2D eigenvalue weighted by atomic mass is 10.1. The summed E-state index contributed by atoms with van der Waals surface area (Å²) in [4.78, 5) is 9.60. The number of nitrogens with zero attached hydrogens (tertiary/aromatic N) is 1. The Bertz CT molecular complexity index is 986. The van der Waals surface area contributed by atoms with Crippen molar-refractivity contribution in [1.29, 1.82) is 0 Å². The third-order valence-corrected chi connectivity index (χ3v) is 4.29. The van der Waals surface area contributed by atoms with Gasteiger partial charge in [0.1, 0.15) is 0 Å². The molecule has 4 aromatic carbocycles. The molecule has 0 fully saturated rings. The van der Waals surface area contributed by atoms with Gasteiger partial charge < -0.3 is 17.2 Å². The second-order valence-electron chi connectivity index (χ2n) is 6.72. The fourth-order valence-corrected chi connectivity index (χ4v) is 2.61. The van der Waals surface area contributed by atoms with Crippen LogP contribution in [0.25, 0.3) is 22.3 Å². The number of hydrogen-bond acceptors (Lipinski definition) is 5. The fraction of sp³-hybridized carbons (Fsp3) is 0. The molecule has 0 aliphatic rings. The number of hydrogen-bond donors (Lipinski definition) is 5. The van der Waals surface area contributed by atoms with E-state index in [1.807, 2.05) is 60.7 Å². The molecule has 0 spiro atoms. The number of amides is 2. The number of carbonyl (C=O) groups excluding carboxylic acids is 1. The summed E-state index contributed by atoms with van der Waals surface area (Å²) in [5.41, 5.74) is 22.1. The topological polar surface area (TPSA) is 150 Å². The Morgan fingerprint density at radius 2 is 0.750 bits per heavy atom. The Morgan fingerprint density at radius 3 is 1.00 bits per heavy atom. The molecule has 0 unspecified atom stereocenters. The molecule has 7 heteroatoms. The summed E-state index contributed by atoms with van der Waals surface area (Å²) >= 11 is 0. The van der Waals surface area contributed by atoms with Crippen molar-refractivity contribution in [1.82, 2.24) is 5.12 Å². The van der Waals surface area contributed by atoms with Crippen LogP contribution in [0.2, 0.25) is 0 Å². The molecular weight excluding hydrogens is 400 g/mol. The maximum absolute atomic E-state index is 9.60. The van der Waals surface area contributed by atoms with E-state index < -0.39 is 6.03 Å². The minimum Gasteiger partial charge on any atom is -0.399 e. The molecule has 0 heterocycles. The maximum Gasteiger partial charge on any atom is 0.343 e. The standard InChI is InChI=1S/C12H12N2.C12H10.CH6N4O/c13-11-5-1-9(2-6-11)10-3-7-12(14)8-4-10;1-3-7-11(8-4-1)12-9-5-2-6-10-12;2-1(6)5(3)4/h1-8H,13-14H2;1-10H;3-4H2,(H2,2,6). The quantitative estimate of drug-likeness (QED) is 0.142. The maximum atomic E-state index is 9.60. The van der Waals surface area contributed by atoms with Crippen LogP contribution in [0, 0.1) is 0 Å². The van der Waals surface area contributed by atoms with E-state index in [-0.39, 0.29) is 0 Å². The number of anilines is 2. The molecule has 0 bridgehead atoms. The van der Waals surface area contributed by atoms with Gasteiger partial charge in [-0.3, -0.25) is 0 Å². The molecule has 7 nitrogen and oxygen atoms in total. The minimum atomic E-state index is -0.852. The van der Waals surface area contributed by atoms with Crippen LogP contribution >= 0.6 is 0 Å². The summed E-state index contributed by atoms with van der Waals surface area (Å²) in [5, 5.41) is 0.306. The Kier molecular flexibility index (Phi) is 9.27. The molecule has 0 saturated heterocycles. The zero-order chi connectivity index (χ0) is 23.3. The molecular formula is C25H28N6O. The molecule has 0 atom stereocenters. The Hall–Kier alpha value is -4.33. The second-order valence-corrected chi connectivity index (χ2v) is 6.72. The van der Waals surface area contributed by atoms with Crippen LogP contribution in [0.5, 0.6) is 0 Å². The molecule has 0 radical (unpaired) electrons. The SMILES string of the molecule is NC(=O)N(N)N.Nc1ccc(-c2ccc(N)cc2)cc1.c1ccc(-c2ccccc2)cc1. The van der Waals surface area contributed by atoms with Crippen molar-refractivity contribution in [3.8, 4) is 22.3 Å². The first-order valence-electron chi connectivity index (χ1n) is 9.77. The molecule has 0 aromatic heterocycles. The van der Waals surface area contributed by atoms with Crippen molar-refractivity contribution in [2.24, 2.45) is 17.4 Å². The molecule has 0 saturated carbocycles. The highest BCUT2D eigenvalue weighted by atomic mass is 16.2. The van der Waals surface area contributed by atoms with Gasteiger partial charge in [-0.05, 0) is 46.5 Å². The van der Waals surface area contributed by atoms with Gasteiger partial charge in [-0.2, -0.15) is 5.12 Å². The summed E-state index contributed by atoms with van der Waals surface area (Å²) in [7, 11) is 0. The first kappa shape index (κ1) is 23.9. The van der Waals surface area contributed by atoms with Gasteiger partial charge >= 0.3 is 6.03 Å². The third kappa shape index (κ3) is 8.19. The van der Waals surface area contributed by atoms with Crippen LogP contribution in [0.1, 0.15) is 0 Å². The molecule has 0 aliphatic heterocycles. The summed E-state index contributed by atoms with van der Waals surface area (Å²) in [5.74, 6) is 9.14. The van der Waals surface area contributed by atoms with E-state index in [9.17, 15) is 4.79 Å². The smallest absolute Gasteiger partial charge is 0.343 e. The van der Waals surface area contributed by atoms with E-state index in [1.54, 1.807) is 0 Å². The van der Waals surface area contributed by atoms with Gasteiger partial charge in [0.15, 0.2) is 0 Å². The van der Waals surface area contributed by atoms with E-state index in [0.717, 1.165) is 22.5 Å². The number of rotatable bonds is 2. The van der Waals surface area contributed by atoms with Crippen molar-refractivity contribution in [2.75, 3.05) is 11.5 Å². The average Bonchev–Trinajstić information content (AvgIpc) is 2.82. The zero-order valence-electron chi connectivity index (χ0n) is 17.6. The first-order valence-corrected chi connectivity index (χ1v) is 9.77. The fourth-order valence-electron chi connectivity index (χ4n) is 2.61. The molecule has 10 N–H and O–H groups in total. The molecule has 32 heavy (non-hydrogen) atoms. The van der Waals surface area contributed by atoms with Crippen LogP contribution in [0.4, 0.5) is 16.2 Å². The van der Waals surface area contributed by atoms with Crippen LogP contribution in [-0.2, 0) is 0 Å². The normalized spacial score (nSPS) is 9.44. The highest BCUT2D eigenvalue weighted by Crippen LogP contribution is 2.21. The third-order valence-electron chi connectivity index (χ3n) is 4.29. The number of urea groups is 1. The van der Waals surface area contributed by atoms with Crippen molar-refractivity contribution >= 4 is 17.4 Å². The highest BCUT2D eigenvalue weighted by molar-refractivity contribution is 5.70. The molecule has 4 rings (SSSR count). The molecule has 0 aliphatic carbocycles. The minimum absolute atomic E-state index is 0.306. The van der Waals surface area contributed by atoms with Crippen molar-refractivity contribution in [3.63, 3.8) is 0 Å². The van der Waals surface area contributed by atoms with Crippen molar-refractivity contribution in [3.05, 3.63) is 109 Å². The van der Waals surface area contributed by atoms with E-state index >= 15 is 0 Å². The van der Waals surface area contributed by atoms with E-state index in [2.05, 4.69) is 65.9 Å². The Labute approximate surface area is 188 Å². The van der Waals surface area contributed by atoms with Gasteiger partial charge in [-0.1, -0.05) is 84.9 Å². The van der Waals surface area contributed by atoms with E-state index in [4.69, 9.17) is 11.5 Å². The van der Waals surface area contributed by atoms with Gasteiger partial charge in [0.2, 0.25) is 0 Å². The van der Waals surface area contributed by atoms with Gasteiger partial charge in [-0.15, -0.1) is 0 Å². The van der Waals surface area contributed by atoms with Gasteiger partial charge in [0.25, 0.3) is 0 Å². The Morgan fingerprint density at radius 1 is 0.500 bits per heavy atom. The zero-order valence-corrected chi connectivity index (χ0v) is 17.6. The summed E-state index contributed by atoms with van der Waals surface area (Å²) in [6.45, 7) is 0. The first-order chi connectivity index (χ1) is 15.4. The van der Waals surface area contributed by atoms with Gasteiger partial charge in [0.05, 0.1) is 0 Å². The predicted molar refractivity (Wildman–Crippen MR) is 132 cm³/mol. The van der Waals surface area contributed by atoms with Gasteiger partial charge in [0, 0.05) is 11.4 Å². The predicted octanol–water partition coefficient (Wildman–Crippen LogP) is 3.99. The van der Waals surface area contributed by atoms with Crippen LogP contribution < -0.4 is 28.9 Å². The monoisotopic (exact) mass is 428 g/mol. The summed E-state index contributed by atoms with van der Waals surface area (Å²) in [6, 6.07) is 35.5. The molecule has 2 amide bonds. The largest absolute Gasteiger partial charge is 0.399 e.